The van der Waals surface area contributed by atoms with Crippen LogP contribution < -0.4 is 0 Å². The molecule has 0 radical (unpaired) electrons. The molecule has 0 spiro atoms. The Morgan fingerprint density at radius 2 is 1.62 bits per heavy atom. The van der Waals surface area contributed by atoms with Gasteiger partial charge >= 0.3 is 7.83 Å². The van der Waals surface area contributed by atoms with Gasteiger partial charge in [-0.3, -0.25) is 0 Å². The Labute approximate surface area is 49.6 Å². The SMILES string of the molecule is CCN(CC)P(=O)=O. The molecule has 0 rings (SSSR count). The Balaban J connectivity index is 3.70. The predicted octanol–water partition coefficient (Wildman–Crippen LogP) is 1.42. The zero-order chi connectivity index (χ0) is 6.57. The lowest BCUT2D eigenvalue weighted by Gasteiger charge is -2.03. The summed E-state index contributed by atoms with van der Waals surface area (Å²) >= 11 is 0. The molecule has 0 aromatic carbocycles. The standard InChI is InChI=1S/C4H10NO2P/c1-3-5(4-2)8(6)7/h3-4H2,1-2H3. The summed E-state index contributed by atoms with van der Waals surface area (Å²) in [4.78, 5) is 0. The highest BCUT2D eigenvalue weighted by atomic mass is 31.1. The average molecular weight is 135 g/mol. The second-order valence-electron chi connectivity index (χ2n) is 1.38. The van der Waals surface area contributed by atoms with E-state index < -0.39 is 7.83 Å². The predicted molar refractivity (Wildman–Crippen MR) is 31.2 cm³/mol. The lowest BCUT2D eigenvalue weighted by molar-refractivity contribution is 0.415. The van der Waals surface area contributed by atoms with E-state index in [1.54, 1.807) is 0 Å². The Bertz CT molecular complexity index is 109. The molecule has 8 heavy (non-hydrogen) atoms. The van der Waals surface area contributed by atoms with Crippen molar-refractivity contribution in [2.45, 2.75) is 13.8 Å². The van der Waals surface area contributed by atoms with Gasteiger partial charge < -0.3 is 0 Å². The maximum absolute atomic E-state index is 10.1. The van der Waals surface area contributed by atoms with Gasteiger partial charge in [0.25, 0.3) is 0 Å². The first-order valence-corrected chi connectivity index (χ1v) is 3.74. The minimum atomic E-state index is -2.33. The lowest BCUT2D eigenvalue weighted by Crippen LogP contribution is -2.10. The third-order valence-electron chi connectivity index (χ3n) is 0.961. The van der Waals surface area contributed by atoms with Gasteiger partial charge in [-0.25, -0.2) is 9.13 Å². The molecule has 0 saturated carbocycles. The van der Waals surface area contributed by atoms with Gasteiger partial charge in [-0.15, -0.1) is 0 Å². The largest absolute Gasteiger partial charge is 0.398 e. The molecule has 0 unspecified atom stereocenters. The third kappa shape index (κ3) is 2.24. The highest BCUT2D eigenvalue weighted by Gasteiger charge is 2.00. The van der Waals surface area contributed by atoms with Gasteiger partial charge in [-0.1, -0.05) is 13.8 Å². The van der Waals surface area contributed by atoms with Crippen LogP contribution in [0.15, 0.2) is 0 Å². The molecule has 48 valence electrons. The van der Waals surface area contributed by atoms with Gasteiger partial charge in [0.2, 0.25) is 0 Å². The minimum absolute atomic E-state index is 0.579. The van der Waals surface area contributed by atoms with Crippen LogP contribution in [-0.4, -0.2) is 17.8 Å². The topological polar surface area (TPSA) is 37.4 Å². The molecule has 0 atom stereocenters. The molecular weight excluding hydrogens is 125 g/mol. The van der Waals surface area contributed by atoms with Crippen LogP contribution in [0.4, 0.5) is 0 Å². The minimum Gasteiger partial charge on any atom is -0.218 e. The quantitative estimate of drug-likeness (QED) is 0.549. The summed E-state index contributed by atoms with van der Waals surface area (Å²) < 4.78 is 21.6. The van der Waals surface area contributed by atoms with Gasteiger partial charge in [0, 0.05) is 13.1 Å². The zero-order valence-electron chi connectivity index (χ0n) is 5.13. The molecule has 0 amide bonds. The summed E-state index contributed by atoms with van der Waals surface area (Å²) in [5.41, 5.74) is 0. The first kappa shape index (κ1) is 7.86. The van der Waals surface area contributed by atoms with E-state index in [9.17, 15) is 9.13 Å². The van der Waals surface area contributed by atoms with Crippen molar-refractivity contribution in [1.82, 2.24) is 4.67 Å². The van der Waals surface area contributed by atoms with Crippen LogP contribution in [0.2, 0.25) is 0 Å². The fraction of sp³-hybridized carbons (Fsp3) is 1.00. The molecule has 0 aromatic rings. The molecule has 4 heteroatoms. The second-order valence-corrected chi connectivity index (χ2v) is 2.42. The normalized spacial score (nSPS) is 9.88. The van der Waals surface area contributed by atoms with Crippen molar-refractivity contribution in [3.05, 3.63) is 0 Å². The van der Waals surface area contributed by atoms with Crippen molar-refractivity contribution in [3.63, 3.8) is 0 Å². The van der Waals surface area contributed by atoms with Crippen LogP contribution in [0.25, 0.3) is 0 Å². The first-order chi connectivity index (χ1) is 3.72. The Morgan fingerprint density at radius 1 is 1.25 bits per heavy atom. The van der Waals surface area contributed by atoms with Crippen molar-refractivity contribution in [3.8, 4) is 0 Å². The molecule has 0 saturated heterocycles. The van der Waals surface area contributed by atoms with Crippen LogP contribution in [0.3, 0.4) is 0 Å². The summed E-state index contributed by atoms with van der Waals surface area (Å²) in [6.07, 6.45) is 0. The molecule has 0 aromatic heterocycles. The monoisotopic (exact) mass is 135 g/mol. The first-order valence-electron chi connectivity index (χ1n) is 2.61. The lowest BCUT2D eigenvalue weighted by atomic mass is 10.7. The van der Waals surface area contributed by atoms with E-state index >= 15 is 0 Å². The van der Waals surface area contributed by atoms with Gasteiger partial charge in [-0.2, -0.15) is 4.67 Å². The van der Waals surface area contributed by atoms with Crippen molar-refractivity contribution >= 4 is 7.83 Å². The van der Waals surface area contributed by atoms with E-state index in [-0.39, 0.29) is 0 Å². The van der Waals surface area contributed by atoms with E-state index in [4.69, 9.17) is 0 Å². The summed E-state index contributed by atoms with van der Waals surface area (Å²) in [6.45, 7) is 4.79. The molecule has 0 heterocycles. The molecule has 0 aliphatic carbocycles. The zero-order valence-corrected chi connectivity index (χ0v) is 6.02. The van der Waals surface area contributed by atoms with Crippen molar-refractivity contribution in [2.24, 2.45) is 0 Å². The Kier molecular flexibility index (Phi) is 3.75. The molecule has 0 aliphatic rings. The van der Waals surface area contributed by atoms with Crippen LogP contribution in [-0.2, 0) is 9.13 Å². The fourth-order valence-corrected chi connectivity index (χ4v) is 0.916. The number of hydrogen-bond donors (Lipinski definition) is 0. The Morgan fingerprint density at radius 3 is 1.62 bits per heavy atom. The van der Waals surface area contributed by atoms with Gasteiger partial charge in [0.05, 0.1) is 0 Å². The van der Waals surface area contributed by atoms with E-state index in [1.807, 2.05) is 13.8 Å². The van der Waals surface area contributed by atoms with Crippen LogP contribution in [0.1, 0.15) is 13.8 Å². The summed E-state index contributed by atoms with van der Waals surface area (Å²) in [7, 11) is -2.33. The van der Waals surface area contributed by atoms with Crippen molar-refractivity contribution in [1.29, 1.82) is 0 Å². The third-order valence-corrected chi connectivity index (χ3v) is 1.99. The van der Waals surface area contributed by atoms with Gasteiger partial charge in [-0.05, 0) is 0 Å². The maximum Gasteiger partial charge on any atom is 0.398 e. The second kappa shape index (κ2) is 3.81. The highest BCUT2D eigenvalue weighted by molar-refractivity contribution is 7.27. The van der Waals surface area contributed by atoms with Crippen molar-refractivity contribution < 1.29 is 9.13 Å². The van der Waals surface area contributed by atoms with Crippen LogP contribution in [0.5, 0.6) is 0 Å². The number of rotatable bonds is 3. The molecule has 0 fully saturated rings. The smallest absolute Gasteiger partial charge is 0.218 e. The number of hydrogen-bond acceptors (Lipinski definition) is 2. The molecular formula is C4H10NO2P. The summed E-state index contributed by atoms with van der Waals surface area (Å²) in [6, 6.07) is 0. The van der Waals surface area contributed by atoms with E-state index in [0.29, 0.717) is 13.1 Å². The van der Waals surface area contributed by atoms with Crippen LogP contribution >= 0.6 is 7.83 Å². The van der Waals surface area contributed by atoms with Crippen molar-refractivity contribution in [2.75, 3.05) is 13.1 Å². The molecule has 0 N–H and O–H groups in total. The van der Waals surface area contributed by atoms with E-state index in [0.717, 1.165) is 0 Å². The van der Waals surface area contributed by atoms with Crippen LogP contribution in [0, 0.1) is 0 Å². The molecule has 0 bridgehead atoms. The van der Waals surface area contributed by atoms with Gasteiger partial charge in [0.1, 0.15) is 0 Å². The Hall–Kier alpha value is -0.140. The average Bonchev–Trinajstić information content (AvgIpc) is 1.69. The van der Waals surface area contributed by atoms with E-state index in [2.05, 4.69) is 0 Å². The summed E-state index contributed by atoms with van der Waals surface area (Å²) in [5, 5.41) is 0. The highest BCUT2D eigenvalue weighted by Crippen LogP contribution is 2.09. The maximum atomic E-state index is 10.1. The van der Waals surface area contributed by atoms with E-state index in [1.165, 1.54) is 4.67 Å². The number of nitrogens with zero attached hydrogens (tertiary/aromatic N) is 1. The molecule has 0 aliphatic heterocycles. The molecule has 3 nitrogen and oxygen atoms in total. The fourth-order valence-electron chi connectivity index (χ4n) is 0.455. The van der Waals surface area contributed by atoms with Gasteiger partial charge in [0.15, 0.2) is 0 Å². The summed E-state index contributed by atoms with van der Waals surface area (Å²) in [5.74, 6) is 0.